The highest BCUT2D eigenvalue weighted by atomic mass is 19.2. The van der Waals surface area contributed by atoms with Gasteiger partial charge in [0.15, 0.2) is 17.5 Å². The van der Waals surface area contributed by atoms with E-state index in [4.69, 9.17) is 0 Å². The molecule has 1 aliphatic heterocycles. The molecule has 1 fully saturated rings. The number of anilines is 1. The van der Waals surface area contributed by atoms with Crippen LogP contribution >= 0.6 is 0 Å². The van der Waals surface area contributed by atoms with Crippen molar-refractivity contribution in [1.29, 1.82) is 0 Å². The maximum Gasteiger partial charge on any atom is 0.325 e. The van der Waals surface area contributed by atoms with Crippen LogP contribution in [-0.2, 0) is 9.59 Å². The third-order valence-corrected chi connectivity index (χ3v) is 3.06. The smallest absolute Gasteiger partial charge is 0.324 e. The van der Waals surface area contributed by atoms with E-state index < -0.39 is 53.1 Å². The molecule has 2 N–H and O–H groups in total. The average molecular weight is 315 g/mol. The van der Waals surface area contributed by atoms with Crippen LogP contribution in [0.5, 0.6) is 0 Å². The number of halogens is 3. The van der Waals surface area contributed by atoms with Crippen molar-refractivity contribution in [3.8, 4) is 0 Å². The molecule has 6 nitrogen and oxygen atoms in total. The Morgan fingerprint density at radius 3 is 2.41 bits per heavy atom. The summed E-state index contributed by atoms with van der Waals surface area (Å²) >= 11 is 0. The van der Waals surface area contributed by atoms with Gasteiger partial charge in [0.25, 0.3) is 5.91 Å². The maximum atomic E-state index is 13.4. The van der Waals surface area contributed by atoms with Crippen LogP contribution in [0.25, 0.3) is 0 Å². The van der Waals surface area contributed by atoms with E-state index in [1.165, 1.54) is 13.8 Å². The van der Waals surface area contributed by atoms with E-state index in [2.05, 4.69) is 5.32 Å². The summed E-state index contributed by atoms with van der Waals surface area (Å²) in [5, 5.41) is 4.34. The number of rotatable bonds is 3. The molecule has 4 amide bonds. The van der Waals surface area contributed by atoms with Crippen molar-refractivity contribution in [1.82, 2.24) is 10.2 Å². The maximum absolute atomic E-state index is 13.4. The van der Waals surface area contributed by atoms with Crippen molar-refractivity contribution < 1.29 is 27.6 Å². The highest BCUT2D eigenvalue weighted by Crippen LogP contribution is 2.20. The lowest BCUT2D eigenvalue weighted by Gasteiger charge is -2.15. The van der Waals surface area contributed by atoms with Crippen LogP contribution < -0.4 is 10.6 Å². The number of imide groups is 1. The highest BCUT2D eigenvalue weighted by Gasteiger charge is 2.44. The minimum absolute atomic E-state index is 0.588. The van der Waals surface area contributed by atoms with Gasteiger partial charge in [0, 0.05) is 0 Å². The number of hydrogen-bond donors (Lipinski definition) is 2. The molecule has 1 aliphatic rings. The summed E-state index contributed by atoms with van der Waals surface area (Å²) in [4.78, 5) is 35.9. The van der Waals surface area contributed by atoms with Gasteiger partial charge in [0.1, 0.15) is 12.1 Å². The SMILES string of the molecule is CC1(C)NC(=O)N(CC(=O)Nc2ccc(F)c(F)c2F)C1=O. The van der Waals surface area contributed by atoms with Gasteiger partial charge >= 0.3 is 6.03 Å². The molecule has 9 heteroatoms. The first kappa shape index (κ1) is 15.8. The molecule has 0 bridgehead atoms. The summed E-state index contributed by atoms with van der Waals surface area (Å²) in [7, 11) is 0. The van der Waals surface area contributed by atoms with Gasteiger partial charge in [0.2, 0.25) is 5.91 Å². The van der Waals surface area contributed by atoms with Crippen LogP contribution in [0.1, 0.15) is 13.8 Å². The van der Waals surface area contributed by atoms with Crippen molar-refractivity contribution in [3.63, 3.8) is 0 Å². The lowest BCUT2D eigenvalue weighted by molar-refractivity contribution is -0.132. The second-order valence-corrected chi connectivity index (χ2v) is 5.22. The molecule has 2 rings (SSSR count). The number of nitrogens with one attached hydrogen (secondary N) is 2. The Kier molecular flexibility index (Phi) is 3.82. The second-order valence-electron chi connectivity index (χ2n) is 5.22. The van der Waals surface area contributed by atoms with E-state index in [1.54, 1.807) is 0 Å². The minimum Gasteiger partial charge on any atom is -0.324 e. The normalized spacial score (nSPS) is 16.7. The Morgan fingerprint density at radius 1 is 1.23 bits per heavy atom. The van der Waals surface area contributed by atoms with Gasteiger partial charge in [-0.1, -0.05) is 0 Å². The molecule has 0 radical (unpaired) electrons. The summed E-state index contributed by atoms with van der Waals surface area (Å²) in [5.74, 6) is -6.24. The topological polar surface area (TPSA) is 78.5 Å². The van der Waals surface area contributed by atoms with Crippen molar-refractivity contribution in [3.05, 3.63) is 29.6 Å². The number of hydrogen-bond acceptors (Lipinski definition) is 3. The van der Waals surface area contributed by atoms with E-state index in [0.29, 0.717) is 11.0 Å². The molecule has 1 aromatic rings. The molecule has 0 saturated carbocycles. The zero-order chi connectivity index (χ0) is 16.7. The molecule has 0 aliphatic carbocycles. The number of carbonyl (C=O) groups is 3. The van der Waals surface area contributed by atoms with Gasteiger partial charge in [0.05, 0.1) is 5.69 Å². The number of carbonyl (C=O) groups excluding carboxylic acids is 3. The molecular weight excluding hydrogens is 303 g/mol. The summed E-state index contributed by atoms with van der Waals surface area (Å²) in [6.45, 7) is 2.24. The molecule has 1 saturated heterocycles. The lowest BCUT2D eigenvalue weighted by Crippen LogP contribution is -2.41. The van der Waals surface area contributed by atoms with Gasteiger partial charge in [-0.05, 0) is 26.0 Å². The molecule has 0 unspecified atom stereocenters. The van der Waals surface area contributed by atoms with Gasteiger partial charge in [-0.3, -0.25) is 14.5 Å². The van der Waals surface area contributed by atoms with Crippen molar-refractivity contribution >= 4 is 23.5 Å². The second kappa shape index (κ2) is 5.32. The minimum atomic E-state index is -1.73. The summed E-state index contributed by atoms with van der Waals surface area (Å²) in [5.41, 5.74) is -1.74. The summed E-state index contributed by atoms with van der Waals surface area (Å²) in [6, 6.07) is 0.711. The number of benzene rings is 1. The zero-order valence-corrected chi connectivity index (χ0v) is 11.7. The van der Waals surface area contributed by atoms with Crippen molar-refractivity contribution in [2.24, 2.45) is 0 Å². The predicted molar refractivity (Wildman–Crippen MR) is 69.3 cm³/mol. The van der Waals surface area contributed by atoms with E-state index >= 15 is 0 Å². The van der Waals surface area contributed by atoms with E-state index in [-0.39, 0.29) is 0 Å². The molecular formula is C13H12F3N3O3. The predicted octanol–water partition coefficient (Wildman–Crippen LogP) is 1.37. The quantitative estimate of drug-likeness (QED) is 0.653. The largest absolute Gasteiger partial charge is 0.325 e. The molecule has 1 heterocycles. The molecule has 22 heavy (non-hydrogen) atoms. The molecule has 1 aromatic carbocycles. The van der Waals surface area contributed by atoms with Gasteiger partial charge < -0.3 is 10.6 Å². The van der Waals surface area contributed by atoms with Crippen molar-refractivity contribution in [2.75, 3.05) is 11.9 Å². The Balaban J connectivity index is 2.10. The molecule has 118 valence electrons. The van der Waals surface area contributed by atoms with E-state index in [1.807, 2.05) is 5.32 Å². The van der Waals surface area contributed by atoms with Crippen LogP contribution in [0.3, 0.4) is 0 Å². The fourth-order valence-corrected chi connectivity index (χ4v) is 1.92. The molecule has 0 atom stereocenters. The summed E-state index contributed by atoms with van der Waals surface area (Å²) in [6.07, 6.45) is 0. The van der Waals surface area contributed by atoms with Crippen LogP contribution in [0.15, 0.2) is 12.1 Å². The Labute approximate surface area is 123 Å². The highest BCUT2D eigenvalue weighted by molar-refractivity contribution is 6.09. The number of urea groups is 1. The van der Waals surface area contributed by atoms with Crippen LogP contribution in [-0.4, -0.2) is 34.8 Å². The van der Waals surface area contributed by atoms with Crippen LogP contribution in [0, 0.1) is 17.5 Å². The van der Waals surface area contributed by atoms with Crippen molar-refractivity contribution in [2.45, 2.75) is 19.4 Å². The fraction of sp³-hybridized carbons (Fsp3) is 0.308. The molecule has 0 aromatic heterocycles. The lowest BCUT2D eigenvalue weighted by atomic mass is 10.1. The first-order valence-electron chi connectivity index (χ1n) is 6.21. The monoisotopic (exact) mass is 315 g/mol. The Hall–Kier alpha value is -2.58. The standard InChI is InChI=1S/C13H12F3N3O3/c1-13(2)11(21)19(12(22)18-13)5-8(20)17-7-4-3-6(14)9(15)10(7)16/h3-4H,5H2,1-2H3,(H,17,20)(H,18,22). The zero-order valence-electron chi connectivity index (χ0n) is 11.7. The average Bonchev–Trinajstić information content (AvgIpc) is 2.62. The molecule has 0 spiro atoms. The fourth-order valence-electron chi connectivity index (χ4n) is 1.92. The Bertz CT molecular complexity index is 676. The Morgan fingerprint density at radius 2 is 1.86 bits per heavy atom. The van der Waals surface area contributed by atoms with E-state index in [0.717, 1.165) is 6.07 Å². The third kappa shape index (κ3) is 2.74. The van der Waals surface area contributed by atoms with E-state index in [9.17, 15) is 27.6 Å². The van der Waals surface area contributed by atoms with Gasteiger partial charge in [-0.15, -0.1) is 0 Å². The first-order valence-corrected chi connectivity index (χ1v) is 6.21. The van der Waals surface area contributed by atoms with Gasteiger partial charge in [-0.2, -0.15) is 0 Å². The number of amides is 4. The summed E-state index contributed by atoms with van der Waals surface area (Å²) < 4.78 is 39.2. The number of nitrogens with zero attached hydrogens (tertiary/aromatic N) is 1. The van der Waals surface area contributed by atoms with Crippen LogP contribution in [0.2, 0.25) is 0 Å². The first-order chi connectivity index (χ1) is 10.1. The van der Waals surface area contributed by atoms with Gasteiger partial charge in [-0.25, -0.2) is 18.0 Å². The third-order valence-electron chi connectivity index (χ3n) is 3.06. The van der Waals surface area contributed by atoms with Crippen LogP contribution in [0.4, 0.5) is 23.7 Å².